The van der Waals surface area contributed by atoms with Crippen LogP contribution in [0.5, 0.6) is 5.75 Å². The van der Waals surface area contributed by atoms with Crippen molar-refractivity contribution in [3.05, 3.63) is 64.1 Å². The first-order valence-corrected chi connectivity index (χ1v) is 6.61. The Hall–Kier alpha value is -1.55. The second kappa shape index (κ2) is 6.75. The monoisotopic (exact) mass is 310 g/mol. The van der Waals surface area contributed by atoms with E-state index in [9.17, 15) is 4.79 Å². The van der Waals surface area contributed by atoms with Crippen LogP contribution in [0.3, 0.4) is 0 Å². The lowest BCUT2D eigenvalue weighted by Gasteiger charge is -2.14. The average molecular weight is 311 g/mol. The average Bonchev–Trinajstić information content (AvgIpc) is 2.44. The van der Waals surface area contributed by atoms with Crippen molar-refractivity contribution in [3.8, 4) is 5.75 Å². The molecule has 0 fully saturated rings. The van der Waals surface area contributed by atoms with Crippen LogP contribution in [0.1, 0.15) is 11.7 Å². The number of carbonyl (C=O) groups excluding carboxylic acids is 1. The Morgan fingerprint density at radius 3 is 1.95 bits per heavy atom. The Balaban J connectivity index is 2.13. The molecular weight excluding hydrogens is 299 g/mol. The van der Waals surface area contributed by atoms with Crippen molar-refractivity contribution in [1.82, 2.24) is 0 Å². The first-order chi connectivity index (χ1) is 9.60. The minimum absolute atomic E-state index is 0.412. The molecule has 104 valence electrons. The molecule has 0 radical (unpaired) electrons. The van der Waals surface area contributed by atoms with Crippen LogP contribution in [-0.2, 0) is 9.53 Å². The van der Waals surface area contributed by atoms with E-state index in [-0.39, 0.29) is 0 Å². The SMILES string of the molecule is COC(C(=O)Oc1ccc(Cl)cc1)c1ccc(Cl)cc1. The minimum atomic E-state index is -0.803. The number of carbonyl (C=O) groups is 1. The van der Waals surface area contributed by atoms with Gasteiger partial charge in [-0.1, -0.05) is 35.3 Å². The normalized spacial score (nSPS) is 11.9. The molecule has 2 rings (SSSR count). The fraction of sp³-hybridized carbons (Fsp3) is 0.133. The largest absolute Gasteiger partial charge is 0.424 e. The highest BCUT2D eigenvalue weighted by atomic mass is 35.5. The van der Waals surface area contributed by atoms with Gasteiger partial charge in [-0.2, -0.15) is 0 Å². The number of benzene rings is 2. The third-order valence-electron chi connectivity index (χ3n) is 2.65. The zero-order valence-corrected chi connectivity index (χ0v) is 12.2. The molecule has 0 spiro atoms. The summed E-state index contributed by atoms with van der Waals surface area (Å²) in [6.45, 7) is 0. The van der Waals surface area contributed by atoms with E-state index in [0.29, 0.717) is 21.4 Å². The molecule has 0 heterocycles. The zero-order valence-electron chi connectivity index (χ0n) is 10.7. The maximum Gasteiger partial charge on any atom is 0.345 e. The van der Waals surface area contributed by atoms with Crippen molar-refractivity contribution < 1.29 is 14.3 Å². The summed E-state index contributed by atoms with van der Waals surface area (Å²) in [5.41, 5.74) is 0.677. The predicted octanol–water partition coefficient (Wildman–Crippen LogP) is 4.29. The van der Waals surface area contributed by atoms with Crippen LogP contribution in [0.15, 0.2) is 48.5 Å². The summed E-state index contributed by atoms with van der Waals surface area (Å²) in [5.74, 6) is -0.0902. The summed E-state index contributed by atoms with van der Waals surface area (Å²) < 4.78 is 10.4. The molecule has 0 saturated carbocycles. The molecule has 0 aromatic heterocycles. The van der Waals surface area contributed by atoms with E-state index in [1.807, 2.05) is 0 Å². The van der Waals surface area contributed by atoms with E-state index in [1.165, 1.54) is 7.11 Å². The topological polar surface area (TPSA) is 35.5 Å². The quantitative estimate of drug-likeness (QED) is 0.624. The standard InChI is InChI=1S/C15H12Cl2O3/c1-19-14(10-2-4-11(16)5-3-10)15(18)20-13-8-6-12(17)7-9-13/h2-9,14H,1H3. The molecule has 0 N–H and O–H groups in total. The fourth-order valence-electron chi connectivity index (χ4n) is 1.68. The van der Waals surface area contributed by atoms with Crippen LogP contribution in [-0.4, -0.2) is 13.1 Å². The van der Waals surface area contributed by atoms with Crippen molar-refractivity contribution in [3.63, 3.8) is 0 Å². The van der Waals surface area contributed by atoms with Gasteiger partial charge in [0, 0.05) is 17.2 Å². The molecule has 1 unspecified atom stereocenters. The van der Waals surface area contributed by atoms with Crippen LogP contribution in [0, 0.1) is 0 Å². The summed E-state index contributed by atoms with van der Waals surface area (Å²) in [7, 11) is 1.45. The fourth-order valence-corrected chi connectivity index (χ4v) is 1.93. The lowest BCUT2D eigenvalue weighted by atomic mass is 10.1. The van der Waals surface area contributed by atoms with Crippen LogP contribution >= 0.6 is 23.2 Å². The predicted molar refractivity (Wildman–Crippen MR) is 78.3 cm³/mol. The first kappa shape index (κ1) is 14.9. The summed E-state index contributed by atoms with van der Waals surface area (Å²) >= 11 is 11.6. The highest BCUT2D eigenvalue weighted by Crippen LogP contribution is 2.23. The first-order valence-electron chi connectivity index (χ1n) is 5.85. The molecule has 2 aromatic rings. The molecule has 0 aliphatic rings. The number of halogens is 2. The van der Waals surface area contributed by atoms with Gasteiger partial charge >= 0.3 is 5.97 Å². The van der Waals surface area contributed by atoms with Gasteiger partial charge < -0.3 is 9.47 Å². The number of ether oxygens (including phenoxy) is 2. The lowest BCUT2D eigenvalue weighted by Crippen LogP contribution is -2.20. The van der Waals surface area contributed by atoms with E-state index in [4.69, 9.17) is 32.7 Å². The Morgan fingerprint density at radius 1 is 0.950 bits per heavy atom. The number of hydrogen-bond donors (Lipinski definition) is 0. The Morgan fingerprint density at radius 2 is 1.45 bits per heavy atom. The molecule has 0 aliphatic carbocycles. The van der Waals surface area contributed by atoms with E-state index in [2.05, 4.69) is 0 Å². The third kappa shape index (κ3) is 3.73. The van der Waals surface area contributed by atoms with E-state index < -0.39 is 12.1 Å². The maximum absolute atomic E-state index is 12.1. The molecule has 20 heavy (non-hydrogen) atoms. The van der Waals surface area contributed by atoms with Crippen molar-refractivity contribution in [2.45, 2.75) is 6.10 Å². The van der Waals surface area contributed by atoms with Gasteiger partial charge in [0.2, 0.25) is 0 Å². The molecular formula is C15H12Cl2O3. The maximum atomic E-state index is 12.1. The van der Waals surface area contributed by atoms with Gasteiger partial charge in [0.1, 0.15) is 5.75 Å². The van der Waals surface area contributed by atoms with Crippen molar-refractivity contribution in [2.75, 3.05) is 7.11 Å². The number of hydrogen-bond acceptors (Lipinski definition) is 3. The van der Waals surface area contributed by atoms with Gasteiger partial charge in [-0.3, -0.25) is 0 Å². The highest BCUT2D eigenvalue weighted by Gasteiger charge is 2.22. The lowest BCUT2D eigenvalue weighted by molar-refractivity contribution is -0.146. The van der Waals surface area contributed by atoms with Crippen LogP contribution < -0.4 is 4.74 Å². The van der Waals surface area contributed by atoms with Crippen LogP contribution in [0.25, 0.3) is 0 Å². The van der Waals surface area contributed by atoms with Crippen LogP contribution in [0.2, 0.25) is 10.0 Å². The summed E-state index contributed by atoms with van der Waals surface area (Å²) in [5, 5.41) is 1.17. The highest BCUT2D eigenvalue weighted by molar-refractivity contribution is 6.30. The summed E-state index contributed by atoms with van der Waals surface area (Å²) in [6, 6.07) is 13.4. The molecule has 2 aromatic carbocycles. The van der Waals surface area contributed by atoms with Gasteiger partial charge in [0.05, 0.1) is 0 Å². The number of esters is 1. The summed E-state index contributed by atoms with van der Waals surface area (Å²) in [4.78, 5) is 12.1. The Bertz CT molecular complexity index is 579. The molecule has 0 amide bonds. The van der Waals surface area contributed by atoms with E-state index in [0.717, 1.165) is 0 Å². The minimum Gasteiger partial charge on any atom is -0.424 e. The van der Waals surface area contributed by atoms with Gasteiger partial charge in [0.25, 0.3) is 0 Å². The molecule has 1 atom stereocenters. The van der Waals surface area contributed by atoms with Crippen molar-refractivity contribution in [2.24, 2.45) is 0 Å². The zero-order chi connectivity index (χ0) is 14.5. The second-order valence-electron chi connectivity index (χ2n) is 4.04. The molecule has 0 bridgehead atoms. The number of rotatable bonds is 4. The molecule has 0 aliphatic heterocycles. The van der Waals surface area contributed by atoms with Gasteiger partial charge in [0.15, 0.2) is 6.10 Å². The Labute approximate surface area is 127 Å². The van der Waals surface area contributed by atoms with E-state index >= 15 is 0 Å². The van der Waals surface area contributed by atoms with Gasteiger partial charge in [-0.05, 0) is 42.0 Å². The van der Waals surface area contributed by atoms with Gasteiger partial charge in [-0.15, -0.1) is 0 Å². The van der Waals surface area contributed by atoms with Gasteiger partial charge in [-0.25, -0.2) is 4.79 Å². The smallest absolute Gasteiger partial charge is 0.345 e. The molecule has 5 heteroatoms. The van der Waals surface area contributed by atoms with Crippen molar-refractivity contribution >= 4 is 29.2 Å². The Kier molecular flexibility index (Phi) is 5.01. The van der Waals surface area contributed by atoms with E-state index in [1.54, 1.807) is 48.5 Å². The third-order valence-corrected chi connectivity index (χ3v) is 3.16. The second-order valence-corrected chi connectivity index (χ2v) is 4.92. The number of methoxy groups -OCH3 is 1. The summed E-state index contributed by atoms with van der Waals surface area (Å²) in [6.07, 6.45) is -0.803. The van der Waals surface area contributed by atoms with Crippen LogP contribution in [0.4, 0.5) is 0 Å². The van der Waals surface area contributed by atoms with Crippen molar-refractivity contribution in [1.29, 1.82) is 0 Å². The molecule has 3 nitrogen and oxygen atoms in total. The molecule has 0 saturated heterocycles.